The second-order valence-electron chi connectivity index (χ2n) is 5.01. The number of anilines is 3. The Morgan fingerprint density at radius 2 is 1.86 bits per heavy atom. The molecule has 0 fully saturated rings. The number of nitrogens with one attached hydrogen (secondary N) is 1. The zero-order valence-electron chi connectivity index (χ0n) is 12.9. The number of hydrogen-bond donors (Lipinski definition) is 1. The van der Waals surface area contributed by atoms with Crippen LogP contribution in [0.3, 0.4) is 0 Å². The van der Waals surface area contributed by atoms with Gasteiger partial charge in [-0.3, -0.25) is 0 Å². The summed E-state index contributed by atoms with van der Waals surface area (Å²) in [5.74, 6) is 1.65. The van der Waals surface area contributed by atoms with Crippen LogP contribution in [0.4, 0.5) is 17.5 Å². The van der Waals surface area contributed by atoms with E-state index < -0.39 is 0 Å². The van der Waals surface area contributed by atoms with Gasteiger partial charge in [-0.15, -0.1) is 0 Å². The molecule has 112 valence electrons. The molecular weight excluding hydrogens is 260 g/mol. The van der Waals surface area contributed by atoms with Gasteiger partial charge in [0.25, 0.3) is 0 Å². The van der Waals surface area contributed by atoms with E-state index in [0.29, 0.717) is 5.95 Å². The van der Waals surface area contributed by atoms with Crippen LogP contribution in [0, 0.1) is 0 Å². The molecule has 4 nitrogen and oxygen atoms in total. The average molecular weight is 284 g/mol. The molecule has 0 spiro atoms. The van der Waals surface area contributed by atoms with Gasteiger partial charge in [-0.1, -0.05) is 38.5 Å². The number of nitrogens with zero attached hydrogens (tertiary/aromatic N) is 3. The lowest BCUT2D eigenvalue weighted by Crippen LogP contribution is -2.20. The maximum Gasteiger partial charge on any atom is 0.224 e. The van der Waals surface area contributed by atoms with Crippen LogP contribution in [-0.2, 0) is 0 Å². The summed E-state index contributed by atoms with van der Waals surface area (Å²) in [7, 11) is 0. The van der Waals surface area contributed by atoms with E-state index in [-0.39, 0.29) is 0 Å². The first-order chi connectivity index (χ1) is 10.3. The average Bonchev–Trinajstić information content (AvgIpc) is 2.55. The van der Waals surface area contributed by atoms with E-state index in [2.05, 4.69) is 58.3 Å². The maximum atomic E-state index is 4.64. The number of aromatic nitrogens is 2. The standard InChI is InChI=1S/C17H24N4/c1-3-5-14-21(15-9-7-6-8-10-15)16-11-13-19-17(20-16)18-12-4-2/h6-11,13H,3-5,12,14H2,1-2H3,(H,18,19,20). The Morgan fingerprint density at radius 3 is 2.57 bits per heavy atom. The topological polar surface area (TPSA) is 41.1 Å². The fourth-order valence-electron chi connectivity index (χ4n) is 2.12. The van der Waals surface area contributed by atoms with Crippen LogP contribution in [-0.4, -0.2) is 23.1 Å². The van der Waals surface area contributed by atoms with Crippen LogP contribution in [0.5, 0.6) is 0 Å². The molecule has 0 saturated carbocycles. The molecule has 0 unspecified atom stereocenters. The smallest absolute Gasteiger partial charge is 0.224 e. The molecule has 1 N–H and O–H groups in total. The van der Waals surface area contributed by atoms with E-state index in [1.54, 1.807) is 0 Å². The fraction of sp³-hybridized carbons (Fsp3) is 0.412. The second kappa shape index (κ2) is 8.25. The van der Waals surface area contributed by atoms with Crippen LogP contribution in [0.25, 0.3) is 0 Å². The maximum absolute atomic E-state index is 4.64. The van der Waals surface area contributed by atoms with E-state index in [1.807, 2.05) is 18.3 Å². The van der Waals surface area contributed by atoms with Crippen LogP contribution < -0.4 is 10.2 Å². The Morgan fingerprint density at radius 1 is 1.05 bits per heavy atom. The lowest BCUT2D eigenvalue weighted by molar-refractivity contribution is 0.778. The Labute approximate surface area is 127 Å². The van der Waals surface area contributed by atoms with Crippen molar-refractivity contribution in [2.75, 3.05) is 23.3 Å². The van der Waals surface area contributed by atoms with Gasteiger partial charge in [-0.25, -0.2) is 4.98 Å². The minimum absolute atomic E-state index is 0.701. The normalized spacial score (nSPS) is 10.4. The van der Waals surface area contributed by atoms with Crippen molar-refractivity contribution in [1.82, 2.24) is 9.97 Å². The number of rotatable bonds is 8. The van der Waals surface area contributed by atoms with E-state index >= 15 is 0 Å². The van der Waals surface area contributed by atoms with Crippen LogP contribution in [0.15, 0.2) is 42.6 Å². The molecule has 0 saturated heterocycles. The van der Waals surface area contributed by atoms with Gasteiger partial charge in [-0.05, 0) is 31.0 Å². The molecule has 0 bridgehead atoms. The van der Waals surface area contributed by atoms with Crippen LogP contribution in [0.2, 0.25) is 0 Å². The second-order valence-corrected chi connectivity index (χ2v) is 5.01. The predicted octanol–water partition coefficient (Wildman–Crippen LogP) is 4.24. The van der Waals surface area contributed by atoms with E-state index in [4.69, 9.17) is 0 Å². The van der Waals surface area contributed by atoms with E-state index in [1.165, 1.54) is 5.69 Å². The van der Waals surface area contributed by atoms with Gasteiger partial charge >= 0.3 is 0 Å². The summed E-state index contributed by atoms with van der Waals surface area (Å²) in [6.07, 6.45) is 5.18. The zero-order chi connectivity index (χ0) is 14.9. The van der Waals surface area contributed by atoms with Crippen molar-refractivity contribution in [2.24, 2.45) is 0 Å². The van der Waals surface area contributed by atoms with Gasteiger partial charge in [0, 0.05) is 25.0 Å². The molecule has 2 rings (SSSR count). The molecule has 2 aromatic rings. The van der Waals surface area contributed by atoms with E-state index in [0.717, 1.165) is 38.2 Å². The molecule has 0 aliphatic rings. The number of para-hydroxylation sites is 1. The Hall–Kier alpha value is -2.10. The highest BCUT2D eigenvalue weighted by molar-refractivity contribution is 5.60. The monoisotopic (exact) mass is 284 g/mol. The molecular formula is C17H24N4. The molecule has 0 aliphatic carbocycles. The predicted molar refractivity (Wildman–Crippen MR) is 89.2 cm³/mol. The van der Waals surface area contributed by atoms with Gasteiger partial charge in [-0.2, -0.15) is 4.98 Å². The number of unbranched alkanes of at least 4 members (excludes halogenated alkanes) is 1. The number of hydrogen-bond acceptors (Lipinski definition) is 4. The fourth-order valence-corrected chi connectivity index (χ4v) is 2.12. The first kappa shape index (κ1) is 15.3. The highest BCUT2D eigenvalue weighted by Crippen LogP contribution is 2.24. The molecule has 4 heteroatoms. The molecule has 1 heterocycles. The molecule has 1 aromatic heterocycles. The summed E-state index contributed by atoms with van der Waals surface area (Å²) < 4.78 is 0. The third-order valence-electron chi connectivity index (χ3n) is 3.25. The highest BCUT2D eigenvalue weighted by Gasteiger charge is 2.10. The summed E-state index contributed by atoms with van der Waals surface area (Å²) in [5.41, 5.74) is 1.17. The van der Waals surface area contributed by atoms with Gasteiger partial charge < -0.3 is 10.2 Å². The Balaban J connectivity index is 2.23. The van der Waals surface area contributed by atoms with Gasteiger partial charge in [0.2, 0.25) is 5.95 Å². The molecule has 0 amide bonds. The lowest BCUT2D eigenvalue weighted by atomic mass is 10.2. The minimum atomic E-state index is 0.701. The van der Waals surface area contributed by atoms with Crippen molar-refractivity contribution in [2.45, 2.75) is 33.1 Å². The SMILES string of the molecule is CCCCN(c1ccccc1)c1ccnc(NCCC)n1. The Kier molecular flexibility index (Phi) is 6.00. The largest absolute Gasteiger partial charge is 0.354 e. The third-order valence-corrected chi connectivity index (χ3v) is 3.25. The van der Waals surface area contributed by atoms with Gasteiger partial charge in [0.05, 0.1) is 0 Å². The summed E-state index contributed by atoms with van der Waals surface area (Å²) in [6.45, 7) is 6.19. The van der Waals surface area contributed by atoms with Gasteiger partial charge in [0.15, 0.2) is 0 Å². The minimum Gasteiger partial charge on any atom is -0.354 e. The first-order valence-corrected chi connectivity index (χ1v) is 7.74. The van der Waals surface area contributed by atoms with Crippen molar-refractivity contribution < 1.29 is 0 Å². The Bertz CT molecular complexity index is 527. The summed E-state index contributed by atoms with van der Waals surface area (Å²) in [6, 6.07) is 12.4. The molecule has 21 heavy (non-hydrogen) atoms. The summed E-state index contributed by atoms with van der Waals surface area (Å²) in [5, 5.41) is 3.25. The first-order valence-electron chi connectivity index (χ1n) is 7.74. The molecule has 0 radical (unpaired) electrons. The molecule has 1 aromatic carbocycles. The van der Waals surface area contributed by atoms with E-state index in [9.17, 15) is 0 Å². The summed E-state index contributed by atoms with van der Waals surface area (Å²) in [4.78, 5) is 11.2. The summed E-state index contributed by atoms with van der Waals surface area (Å²) >= 11 is 0. The third kappa shape index (κ3) is 4.45. The van der Waals surface area contributed by atoms with Crippen molar-refractivity contribution in [1.29, 1.82) is 0 Å². The zero-order valence-corrected chi connectivity index (χ0v) is 12.9. The molecule has 0 aliphatic heterocycles. The van der Waals surface area contributed by atoms with Crippen molar-refractivity contribution in [3.63, 3.8) is 0 Å². The van der Waals surface area contributed by atoms with Crippen molar-refractivity contribution in [3.05, 3.63) is 42.6 Å². The van der Waals surface area contributed by atoms with Crippen LogP contribution in [0.1, 0.15) is 33.1 Å². The lowest BCUT2D eigenvalue weighted by Gasteiger charge is -2.24. The van der Waals surface area contributed by atoms with Crippen LogP contribution >= 0.6 is 0 Å². The van der Waals surface area contributed by atoms with Gasteiger partial charge in [0.1, 0.15) is 5.82 Å². The number of benzene rings is 1. The molecule has 0 atom stereocenters. The van der Waals surface area contributed by atoms with Crippen molar-refractivity contribution >= 4 is 17.5 Å². The highest BCUT2D eigenvalue weighted by atomic mass is 15.2. The quantitative estimate of drug-likeness (QED) is 0.787. The van der Waals surface area contributed by atoms with Crippen molar-refractivity contribution in [3.8, 4) is 0 Å².